The van der Waals surface area contributed by atoms with E-state index < -0.39 is 0 Å². The molecular weight excluding hydrogens is 238 g/mol. The Balaban J connectivity index is 1.75. The minimum atomic E-state index is 0.235. The quantitative estimate of drug-likeness (QED) is 0.904. The molecule has 0 radical (unpaired) electrons. The van der Waals surface area contributed by atoms with Gasteiger partial charge in [-0.25, -0.2) is 0 Å². The van der Waals surface area contributed by atoms with Crippen LogP contribution in [-0.4, -0.2) is 25.9 Å². The molecule has 2 atom stereocenters. The van der Waals surface area contributed by atoms with E-state index in [1.165, 1.54) is 17.5 Å². The molecule has 1 N–H and O–H groups in total. The first kappa shape index (κ1) is 12.9. The molecule has 0 amide bonds. The highest BCUT2D eigenvalue weighted by Crippen LogP contribution is 2.37. The standard InChI is InChI=1S/C16H23NO2/c1-2-17-15-9-8-14-13(15)6-3-7-16(14)19-12-5-4-10-18-11-12/h3,6-7,12,15,17H,2,4-5,8-11H2,1H3. The summed E-state index contributed by atoms with van der Waals surface area (Å²) in [5.41, 5.74) is 2.83. The van der Waals surface area contributed by atoms with Crippen molar-refractivity contribution in [2.45, 2.75) is 44.8 Å². The van der Waals surface area contributed by atoms with E-state index in [-0.39, 0.29) is 6.10 Å². The topological polar surface area (TPSA) is 30.5 Å². The van der Waals surface area contributed by atoms with Crippen molar-refractivity contribution < 1.29 is 9.47 Å². The third-order valence-electron chi connectivity index (χ3n) is 4.09. The Bertz CT molecular complexity index is 427. The van der Waals surface area contributed by atoms with E-state index in [0.717, 1.165) is 44.8 Å². The summed E-state index contributed by atoms with van der Waals surface area (Å²) in [5, 5.41) is 3.55. The van der Waals surface area contributed by atoms with Crippen LogP contribution in [0.3, 0.4) is 0 Å². The van der Waals surface area contributed by atoms with Gasteiger partial charge in [0.05, 0.1) is 6.61 Å². The van der Waals surface area contributed by atoms with Gasteiger partial charge in [0.1, 0.15) is 11.9 Å². The third kappa shape index (κ3) is 2.77. The van der Waals surface area contributed by atoms with Crippen LogP contribution in [0.25, 0.3) is 0 Å². The van der Waals surface area contributed by atoms with Crippen LogP contribution < -0.4 is 10.1 Å². The predicted molar refractivity (Wildman–Crippen MR) is 75.6 cm³/mol. The van der Waals surface area contributed by atoms with E-state index in [0.29, 0.717) is 6.04 Å². The Kier molecular flexibility index (Phi) is 4.04. The lowest BCUT2D eigenvalue weighted by atomic mass is 10.1. The maximum atomic E-state index is 6.17. The van der Waals surface area contributed by atoms with E-state index >= 15 is 0 Å². The van der Waals surface area contributed by atoms with Gasteiger partial charge in [0, 0.05) is 12.6 Å². The molecule has 1 aromatic carbocycles. The number of benzene rings is 1. The van der Waals surface area contributed by atoms with Gasteiger partial charge in [0.15, 0.2) is 0 Å². The largest absolute Gasteiger partial charge is 0.488 e. The van der Waals surface area contributed by atoms with Gasteiger partial charge in [-0.05, 0) is 49.4 Å². The van der Waals surface area contributed by atoms with Gasteiger partial charge < -0.3 is 14.8 Å². The van der Waals surface area contributed by atoms with E-state index in [9.17, 15) is 0 Å². The van der Waals surface area contributed by atoms with Crippen molar-refractivity contribution >= 4 is 0 Å². The lowest BCUT2D eigenvalue weighted by Gasteiger charge is -2.24. The van der Waals surface area contributed by atoms with E-state index in [1.54, 1.807) is 0 Å². The fourth-order valence-corrected chi connectivity index (χ4v) is 3.17. The Morgan fingerprint density at radius 3 is 3.11 bits per heavy atom. The second-order valence-electron chi connectivity index (χ2n) is 5.43. The van der Waals surface area contributed by atoms with Crippen molar-refractivity contribution in [1.29, 1.82) is 0 Å². The van der Waals surface area contributed by atoms with Crippen LogP contribution in [0, 0.1) is 0 Å². The van der Waals surface area contributed by atoms with E-state index in [1.807, 2.05) is 0 Å². The summed E-state index contributed by atoms with van der Waals surface area (Å²) in [6, 6.07) is 6.97. The van der Waals surface area contributed by atoms with Crippen LogP contribution in [0.4, 0.5) is 0 Å². The second-order valence-corrected chi connectivity index (χ2v) is 5.43. The van der Waals surface area contributed by atoms with Crippen LogP contribution in [0.15, 0.2) is 18.2 Å². The first-order valence-electron chi connectivity index (χ1n) is 7.48. The van der Waals surface area contributed by atoms with Gasteiger partial charge in [-0.2, -0.15) is 0 Å². The second kappa shape index (κ2) is 5.93. The Labute approximate surface area is 115 Å². The molecule has 1 aliphatic heterocycles. The normalized spacial score (nSPS) is 26.2. The molecule has 0 bridgehead atoms. The monoisotopic (exact) mass is 261 g/mol. The fraction of sp³-hybridized carbons (Fsp3) is 0.625. The zero-order valence-electron chi connectivity index (χ0n) is 11.7. The maximum absolute atomic E-state index is 6.17. The first-order chi connectivity index (χ1) is 9.38. The van der Waals surface area contributed by atoms with E-state index in [2.05, 4.69) is 30.4 Å². The molecule has 0 spiro atoms. The zero-order chi connectivity index (χ0) is 13.1. The molecule has 0 aromatic heterocycles. The number of ether oxygens (including phenoxy) is 2. The summed E-state index contributed by atoms with van der Waals surface area (Å²) in [7, 11) is 0. The summed E-state index contributed by atoms with van der Waals surface area (Å²) < 4.78 is 11.7. The van der Waals surface area contributed by atoms with Gasteiger partial charge >= 0.3 is 0 Å². The maximum Gasteiger partial charge on any atom is 0.123 e. The smallest absolute Gasteiger partial charge is 0.123 e. The zero-order valence-corrected chi connectivity index (χ0v) is 11.7. The Morgan fingerprint density at radius 1 is 1.37 bits per heavy atom. The van der Waals surface area contributed by atoms with Crippen LogP contribution in [-0.2, 0) is 11.2 Å². The minimum absolute atomic E-state index is 0.235. The molecule has 19 heavy (non-hydrogen) atoms. The average molecular weight is 261 g/mol. The van der Waals surface area contributed by atoms with E-state index in [4.69, 9.17) is 9.47 Å². The van der Waals surface area contributed by atoms with Gasteiger partial charge in [0.2, 0.25) is 0 Å². The molecule has 3 heteroatoms. The van der Waals surface area contributed by atoms with Gasteiger partial charge in [0.25, 0.3) is 0 Å². The molecule has 3 rings (SSSR count). The highest BCUT2D eigenvalue weighted by Gasteiger charge is 2.25. The lowest BCUT2D eigenvalue weighted by molar-refractivity contribution is 0.00707. The van der Waals surface area contributed by atoms with Crippen molar-refractivity contribution in [1.82, 2.24) is 5.32 Å². The summed E-state index contributed by atoms with van der Waals surface area (Å²) >= 11 is 0. The molecule has 1 fully saturated rings. The van der Waals surface area contributed by atoms with Crippen molar-refractivity contribution in [2.75, 3.05) is 19.8 Å². The SMILES string of the molecule is CCNC1CCc2c(OC3CCCOC3)cccc21. The molecule has 0 saturated carbocycles. The van der Waals surface area contributed by atoms with Crippen molar-refractivity contribution in [3.63, 3.8) is 0 Å². The van der Waals surface area contributed by atoms with Crippen molar-refractivity contribution in [3.05, 3.63) is 29.3 Å². The summed E-state index contributed by atoms with van der Waals surface area (Å²) in [6.07, 6.45) is 4.76. The minimum Gasteiger partial charge on any atom is -0.488 e. The Morgan fingerprint density at radius 2 is 2.32 bits per heavy atom. The summed E-state index contributed by atoms with van der Waals surface area (Å²) in [4.78, 5) is 0. The number of fused-ring (bicyclic) bond motifs is 1. The third-order valence-corrected chi connectivity index (χ3v) is 4.09. The van der Waals surface area contributed by atoms with Crippen molar-refractivity contribution in [3.8, 4) is 5.75 Å². The molecule has 1 aromatic rings. The molecule has 3 nitrogen and oxygen atoms in total. The van der Waals surface area contributed by atoms with Gasteiger partial charge in [-0.1, -0.05) is 19.1 Å². The van der Waals surface area contributed by atoms with Crippen molar-refractivity contribution in [2.24, 2.45) is 0 Å². The Hall–Kier alpha value is -1.06. The van der Waals surface area contributed by atoms with Gasteiger partial charge in [-0.3, -0.25) is 0 Å². The first-order valence-corrected chi connectivity index (χ1v) is 7.48. The highest BCUT2D eigenvalue weighted by atomic mass is 16.5. The molecule has 1 heterocycles. The molecule has 1 aliphatic carbocycles. The number of hydrogen-bond donors (Lipinski definition) is 1. The molecule has 2 aliphatic rings. The lowest BCUT2D eigenvalue weighted by Crippen LogP contribution is -2.28. The predicted octanol–water partition coefficient (Wildman–Crippen LogP) is 2.84. The molecular formula is C16H23NO2. The number of nitrogens with one attached hydrogen (secondary N) is 1. The van der Waals surface area contributed by atoms with Crippen LogP contribution in [0.2, 0.25) is 0 Å². The van der Waals surface area contributed by atoms with Crippen LogP contribution in [0.1, 0.15) is 43.4 Å². The molecule has 2 unspecified atom stereocenters. The van der Waals surface area contributed by atoms with Crippen LogP contribution in [0.5, 0.6) is 5.75 Å². The molecule has 104 valence electrons. The average Bonchev–Trinajstić information content (AvgIpc) is 2.85. The molecule has 1 saturated heterocycles. The van der Waals surface area contributed by atoms with Crippen LogP contribution >= 0.6 is 0 Å². The fourth-order valence-electron chi connectivity index (χ4n) is 3.17. The number of rotatable bonds is 4. The summed E-state index contributed by atoms with van der Waals surface area (Å²) in [5.74, 6) is 1.08. The van der Waals surface area contributed by atoms with Gasteiger partial charge in [-0.15, -0.1) is 0 Å². The highest BCUT2D eigenvalue weighted by molar-refractivity contribution is 5.45. The number of hydrogen-bond acceptors (Lipinski definition) is 3. The summed E-state index contributed by atoms with van der Waals surface area (Å²) in [6.45, 7) is 4.80.